The lowest BCUT2D eigenvalue weighted by Crippen LogP contribution is -2.12. The minimum atomic E-state index is 0.233. The van der Waals surface area contributed by atoms with Gasteiger partial charge in [0, 0.05) is 6.61 Å². The molecule has 0 amide bonds. The molecular formula is C13H25N3O2. The van der Waals surface area contributed by atoms with E-state index in [1.54, 1.807) is 0 Å². The summed E-state index contributed by atoms with van der Waals surface area (Å²) in [6, 6.07) is 0.233. The number of unbranched alkanes of at least 4 members (excludes halogenated alkanes) is 1. The molecule has 1 aromatic heterocycles. The van der Waals surface area contributed by atoms with E-state index in [0.717, 1.165) is 25.1 Å². The molecule has 5 nitrogen and oxygen atoms in total. The normalized spacial score (nSPS) is 11.2. The van der Waals surface area contributed by atoms with Crippen LogP contribution in [0.1, 0.15) is 45.3 Å². The van der Waals surface area contributed by atoms with E-state index in [0.29, 0.717) is 24.8 Å². The topological polar surface area (TPSA) is 62.3 Å². The minimum absolute atomic E-state index is 0.233. The summed E-state index contributed by atoms with van der Waals surface area (Å²) < 4.78 is 12.9. The van der Waals surface area contributed by atoms with Gasteiger partial charge in [-0.1, -0.05) is 13.3 Å². The van der Waals surface area contributed by atoms with Crippen LogP contribution in [0, 0.1) is 6.92 Å². The van der Waals surface area contributed by atoms with Gasteiger partial charge in [0.05, 0.1) is 18.3 Å². The van der Waals surface area contributed by atoms with Gasteiger partial charge in [0.1, 0.15) is 12.3 Å². The van der Waals surface area contributed by atoms with Crippen LogP contribution in [0.25, 0.3) is 0 Å². The van der Waals surface area contributed by atoms with E-state index in [9.17, 15) is 0 Å². The Hall–Kier alpha value is -1.23. The second-order valence-electron chi connectivity index (χ2n) is 4.66. The molecule has 0 aliphatic heterocycles. The van der Waals surface area contributed by atoms with Gasteiger partial charge in [-0.15, -0.1) is 0 Å². The molecule has 0 bridgehead atoms. The molecular weight excluding hydrogens is 230 g/mol. The molecule has 0 fully saturated rings. The quantitative estimate of drug-likeness (QED) is 0.725. The van der Waals surface area contributed by atoms with Crippen LogP contribution >= 0.6 is 0 Å². The van der Waals surface area contributed by atoms with E-state index >= 15 is 0 Å². The third kappa shape index (κ3) is 3.91. The number of nitrogens with two attached hydrogens (primary N) is 1. The zero-order valence-electron chi connectivity index (χ0n) is 11.9. The maximum atomic E-state index is 5.95. The molecule has 0 spiro atoms. The Morgan fingerprint density at radius 3 is 2.61 bits per heavy atom. The smallest absolute Gasteiger partial charge is 0.236 e. The van der Waals surface area contributed by atoms with Crippen LogP contribution in [0.5, 0.6) is 5.88 Å². The number of anilines is 1. The molecule has 0 unspecified atom stereocenters. The van der Waals surface area contributed by atoms with E-state index < -0.39 is 0 Å². The molecule has 0 saturated heterocycles. The average molecular weight is 255 g/mol. The highest BCUT2D eigenvalue weighted by Crippen LogP contribution is 2.27. The Labute approximate surface area is 109 Å². The van der Waals surface area contributed by atoms with E-state index in [-0.39, 0.29) is 6.04 Å². The molecule has 5 heteroatoms. The SMILES string of the molecule is CCCCOCCOc1c(N)c(C)nn1C(C)C. The van der Waals surface area contributed by atoms with Gasteiger partial charge in [0.25, 0.3) is 0 Å². The zero-order valence-corrected chi connectivity index (χ0v) is 11.9. The Kier molecular flexibility index (Phi) is 5.98. The van der Waals surface area contributed by atoms with Crippen LogP contribution in [0.3, 0.4) is 0 Å². The van der Waals surface area contributed by atoms with E-state index in [4.69, 9.17) is 15.2 Å². The van der Waals surface area contributed by atoms with E-state index in [2.05, 4.69) is 25.9 Å². The first-order valence-electron chi connectivity index (χ1n) is 6.63. The van der Waals surface area contributed by atoms with Crippen molar-refractivity contribution in [3.05, 3.63) is 5.69 Å². The highest BCUT2D eigenvalue weighted by atomic mass is 16.5. The number of ether oxygens (including phenoxy) is 2. The molecule has 18 heavy (non-hydrogen) atoms. The first-order valence-corrected chi connectivity index (χ1v) is 6.63. The molecule has 0 saturated carbocycles. The Bertz CT molecular complexity index is 361. The van der Waals surface area contributed by atoms with Crippen LogP contribution in [0.4, 0.5) is 5.69 Å². The summed E-state index contributed by atoms with van der Waals surface area (Å²) in [6.07, 6.45) is 2.23. The monoisotopic (exact) mass is 255 g/mol. The summed E-state index contributed by atoms with van der Waals surface area (Å²) in [5.41, 5.74) is 7.39. The number of nitrogens with zero attached hydrogens (tertiary/aromatic N) is 2. The highest BCUT2D eigenvalue weighted by molar-refractivity contribution is 5.52. The fourth-order valence-electron chi connectivity index (χ4n) is 1.58. The first-order chi connectivity index (χ1) is 8.57. The van der Waals surface area contributed by atoms with Crippen molar-refractivity contribution < 1.29 is 9.47 Å². The molecule has 0 aromatic carbocycles. The first kappa shape index (κ1) is 14.8. The molecule has 0 aliphatic carbocycles. The molecule has 0 radical (unpaired) electrons. The van der Waals surface area contributed by atoms with Crippen molar-refractivity contribution in [2.45, 2.75) is 46.6 Å². The van der Waals surface area contributed by atoms with Gasteiger partial charge in [-0.3, -0.25) is 0 Å². The van der Waals surface area contributed by atoms with Crippen molar-refractivity contribution in [1.82, 2.24) is 9.78 Å². The predicted octanol–water partition coefficient (Wildman–Crippen LogP) is 2.55. The van der Waals surface area contributed by atoms with Crippen LogP contribution in [0.15, 0.2) is 0 Å². The van der Waals surface area contributed by atoms with Gasteiger partial charge in [0.2, 0.25) is 5.88 Å². The van der Waals surface area contributed by atoms with Gasteiger partial charge >= 0.3 is 0 Å². The third-order valence-electron chi connectivity index (χ3n) is 2.68. The predicted molar refractivity (Wildman–Crippen MR) is 73.0 cm³/mol. The number of aryl methyl sites for hydroxylation is 1. The average Bonchev–Trinajstić information content (AvgIpc) is 2.61. The standard InChI is InChI=1S/C13H25N3O2/c1-5-6-7-17-8-9-18-13-12(14)11(4)15-16(13)10(2)3/h10H,5-9,14H2,1-4H3. The molecule has 1 aromatic rings. The maximum Gasteiger partial charge on any atom is 0.236 e. The Balaban J connectivity index is 2.46. The Morgan fingerprint density at radius 2 is 2.00 bits per heavy atom. The van der Waals surface area contributed by atoms with Gasteiger partial charge in [-0.25, -0.2) is 4.68 Å². The van der Waals surface area contributed by atoms with E-state index in [1.165, 1.54) is 0 Å². The van der Waals surface area contributed by atoms with Crippen LogP contribution in [-0.2, 0) is 4.74 Å². The fraction of sp³-hybridized carbons (Fsp3) is 0.769. The summed E-state index contributed by atoms with van der Waals surface area (Å²) in [7, 11) is 0. The van der Waals surface area contributed by atoms with Crippen molar-refractivity contribution in [1.29, 1.82) is 0 Å². The third-order valence-corrected chi connectivity index (χ3v) is 2.68. The lowest BCUT2D eigenvalue weighted by molar-refractivity contribution is 0.0943. The highest BCUT2D eigenvalue weighted by Gasteiger charge is 2.15. The van der Waals surface area contributed by atoms with Crippen LogP contribution < -0.4 is 10.5 Å². The number of hydrogen-bond donors (Lipinski definition) is 1. The lowest BCUT2D eigenvalue weighted by Gasteiger charge is -2.12. The summed E-state index contributed by atoms with van der Waals surface area (Å²) in [5.74, 6) is 0.654. The van der Waals surface area contributed by atoms with Gasteiger partial charge in [-0.2, -0.15) is 5.10 Å². The minimum Gasteiger partial charge on any atom is -0.474 e. The number of rotatable bonds is 8. The number of nitrogen functional groups attached to an aromatic ring is 1. The van der Waals surface area contributed by atoms with Crippen LogP contribution in [0.2, 0.25) is 0 Å². The number of hydrogen-bond acceptors (Lipinski definition) is 4. The molecule has 1 rings (SSSR count). The number of aromatic nitrogens is 2. The van der Waals surface area contributed by atoms with Crippen molar-refractivity contribution in [3.8, 4) is 5.88 Å². The molecule has 0 aliphatic rings. The van der Waals surface area contributed by atoms with Gasteiger partial charge < -0.3 is 15.2 Å². The second kappa shape index (κ2) is 7.26. The summed E-state index contributed by atoms with van der Waals surface area (Å²) in [5, 5.41) is 4.36. The maximum absolute atomic E-state index is 5.95. The van der Waals surface area contributed by atoms with Gasteiger partial charge in [0.15, 0.2) is 0 Å². The summed E-state index contributed by atoms with van der Waals surface area (Å²) in [4.78, 5) is 0. The van der Waals surface area contributed by atoms with Crippen molar-refractivity contribution in [3.63, 3.8) is 0 Å². The second-order valence-corrected chi connectivity index (χ2v) is 4.66. The largest absolute Gasteiger partial charge is 0.474 e. The zero-order chi connectivity index (χ0) is 13.5. The molecule has 1 heterocycles. The van der Waals surface area contributed by atoms with Crippen LogP contribution in [-0.4, -0.2) is 29.6 Å². The van der Waals surface area contributed by atoms with Crippen molar-refractivity contribution >= 4 is 5.69 Å². The molecule has 2 N–H and O–H groups in total. The Morgan fingerprint density at radius 1 is 1.28 bits per heavy atom. The fourth-order valence-corrected chi connectivity index (χ4v) is 1.58. The lowest BCUT2D eigenvalue weighted by atomic mass is 10.4. The molecule has 104 valence electrons. The van der Waals surface area contributed by atoms with Crippen molar-refractivity contribution in [2.75, 3.05) is 25.6 Å². The molecule has 0 atom stereocenters. The van der Waals surface area contributed by atoms with E-state index in [1.807, 2.05) is 11.6 Å². The van der Waals surface area contributed by atoms with Crippen molar-refractivity contribution in [2.24, 2.45) is 0 Å². The summed E-state index contributed by atoms with van der Waals surface area (Å²) >= 11 is 0. The van der Waals surface area contributed by atoms with Gasteiger partial charge in [-0.05, 0) is 27.2 Å². The summed E-state index contributed by atoms with van der Waals surface area (Å²) in [6.45, 7) is 10.0.